The molecule has 0 aliphatic carbocycles. The molecule has 1 radical (unpaired) electrons. The van der Waals surface area contributed by atoms with Gasteiger partial charge in [-0.05, 0) is 6.92 Å². The summed E-state index contributed by atoms with van der Waals surface area (Å²) in [6.07, 6.45) is 0. The zero-order valence-corrected chi connectivity index (χ0v) is 6.64. The van der Waals surface area contributed by atoms with E-state index in [1.54, 1.807) is 0 Å². The first kappa shape index (κ1) is 10.3. The van der Waals surface area contributed by atoms with Gasteiger partial charge in [0.25, 0.3) is 0 Å². The van der Waals surface area contributed by atoms with E-state index in [4.69, 9.17) is 4.79 Å². The summed E-state index contributed by atoms with van der Waals surface area (Å²) >= 11 is 0. The van der Waals surface area contributed by atoms with Gasteiger partial charge in [-0.1, -0.05) is 0 Å². The minimum atomic E-state index is -0.634. The van der Waals surface area contributed by atoms with Gasteiger partial charge in [0.1, 0.15) is 5.97 Å². The normalized spacial score (nSPS) is 5.86. The molecule has 0 amide bonds. The minimum Gasteiger partial charge on any atom is -0.584 e. The van der Waals surface area contributed by atoms with Crippen molar-refractivity contribution in [1.82, 2.24) is 0 Å². The monoisotopic (exact) mass is 176 g/mol. The molecule has 0 aliphatic rings. The fourth-order valence-corrected chi connectivity index (χ4v) is 0.0587. The molecule has 0 aromatic carbocycles. The number of hydrogen-bond acceptors (Lipinski definition) is 3. The second kappa shape index (κ2) is 6.24. The molecule has 0 saturated carbocycles. The van der Waals surface area contributed by atoms with E-state index in [0.29, 0.717) is 0 Å². The summed E-state index contributed by atoms with van der Waals surface area (Å²) in [5, 5.41) is 0. The van der Waals surface area contributed by atoms with Crippen molar-refractivity contribution in [2.75, 3.05) is 0 Å². The van der Waals surface area contributed by atoms with Gasteiger partial charge in [-0.3, -0.25) is 0 Å². The SMILES string of the molecule is CC(=O)O[C-]=O.[Y]. The molecule has 0 atom stereocenters. The van der Waals surface area contributed by atoms with Crippen LogP contribution in [0.25, 0.3) is 0 Å². The first-order chi connectivity index (χ1) is 2.77. The summed E-state index contributed by atoms with van der Waals surface area (Å²) in [5.41, 5.74) is 0. The zero-order chi connectivity index (χ0) is 4.99. The summed E-state index contributed by atoms with van der Waals surface area (Å²) < 4.78 is 3.60. The Morgan fingerprint density at radius 3 is 2.14 bits per heavy atom. The smallest absolute Gasteiger partial charge is 0.172 e. The molecule has 0 bridgehead atoms. The maximum atomic E-state index is 9.56. The standard InChI is InChI=1S/C3H3O3.Y/c1-3(5)6-2-4;/h1H3;/q-1;. The van der Waals surface area contributed by atoms with E-state index in [-0.39, 0.29) is 32.7 Å². The maximum absolute atomic E-state index is 9.56. The van der Waals surface area contributed by atoms with Crippen LogP contribution in [-0.4, -0.2) is 12.4 Å². The van der Waals surface area contributed by atoms with Crippen molar-refractivity contribution >= 4 is 12.4 Å². The van der Waals surface area contributed by atoms with Gasteiger partial charge in [-0.25, -0.2) is 0 Å². The Kier molecular flexibility index (Phi) is 9.16. The Labute approximate surface area is 66.3 Å². The van der Waals surface area contributed by atoms with Crippen LogP contribution in [-0.2, 0) is 47.0 Å². The molecule has 0 unspecified atom stereocenters. The molecule has 37 valence electrons. The largest absolute Gasteiger partial charge is 0.584 e. The van der Waals surface area contributed by atoms with Gasteiger partial charge in [0.15, 0.2) is 6.47 Å². The van der Waals surface area contributed by atoms with Gasteiger partial charge < -0.3 is 14.3 Å². The number of carbonyl (C=O) groups is 1. The van der Waals surface area contributed by atoms with Crippen LogP contribution < -0.4 is 0 Å². The third-order valence-electron chi connectivity index (χ3n) is 0.185. The number of esters is 1. The van der Waals surface area contributed by atoms with Crippen molar-refractivity contribution in [3.63, 3.8) is 0 Å². The Balaban J connectivity index is 0. The fourth-order valence-electron chi connectivity index (χ4n) is 0.0587. The number of carbonyl (C=O) groups excluding carboxylic acids is 2. The van der Waals surface area contributed by atoms with Gasteiger partial charge >= 0.3 is 0 Å². The molecule has 0 spiro atoms. The second-order valence-electron chi connectivity index (χ2n) is 0.677. The third-order valence-corrected chi connectivity index (χ3v) is 0.185. The molecule has 7 heavy (non-hydrogen) atoms. The second-order valence-corrected chi connectivity index (χ2v) is 0.677. The van der Waals surface area contributed by atoms with Crippen LogP contribution in [0.1, 0.15) is 6.92 Å². The Morgan fingerprint density at radius 2 is 2.14 bits per heavy atom. The van der Waals surface area contributed by atoms with E-state index in [2.05, 4.69) is 4.74 Å². The molecule has 0 aliphatic heterocycles. The summed E-state index contributed by atoms with van der Waals surface area (Å²) in [6, 6.07) is 0. The summed E-state index contributed by atoms with van der Waals surface area (Å²) in [6.45, 7) is 2.10. The Morgan fingerprint density at radius 1 is 1.71 bits per heavy atom. The van der Waals surface area contributed by atoms with Crippen LogP contribution in [0, 0.1) is 0 Å². The first-order valence-corrected chi connectivity index (χ1v) is 1.32. The van der Waals surface area contributed by atoms with Gasteiger partial charge in [-0.2, -0.15) is 0 Å². The van der Waals surface area contributed by atoms with Crippen molar-refractivity contribution < 1.29 is 47.0 Å². The Hall–Kier alpha value is 0.244. The van der Waals surface area contributed by atoms with Crippen molar-refractivity contribution in [2.45, 2.75) is 6.92 Å². The van der Waals surface area contributed by atoms with E-state index in [9.17, 15) is 4.79 Å². The number of hydrogen-bond donors (Lipinski definition) is 0. The van der Waals surface area contributed by atoms with Gasteiger partial charge in [0, 0.05) is 32.7 Å². The molecule has 0 aromatic rings. The molecule has 0 rings (SSSR count). The average Bonchev–Trinajstić information content (AvgIpc) is 1.35. The number of rotatable bonds is 1. The average molecular weight is 176 g/mol. The van der Waals surface area contributed by atoms with Crippen LogP contribution in [0.4, 0.5) is 0 Å². The fraction of sp³-hybridized carbons (Fsp3) is 0.333. The predicted octanol–water partition coefficient (Wildman–Crippen LogP) is -0.386. The molecule has 0 saturated heterocycles. The maximum Gasteiger partial charge on any atom is 0.172 e. The van der Waals surface area contributed by atoms with E-state index >= 15 is 0 Å². The summed E-state index contributed by atoms with van der Waals surface area (Å²) in [4.78, 5) is 18.6. The van der Waals surface area contributed by atoms with Crippen LogP contribution in [0.2, 0.25) is 0 Å². The number of ether oxygens (including phenoxy) is 1. The van der Waals surface area contributed by atoms with E-state index in [1.165, 1.54) is 0 Å². The third kappa shape index (κ3) is 10.7. The molecule has 0 fully saturated rings. The molecular weight excluding hydrogens is 173 g/mol. The first-order valence-electron chi connectivity index (χ1n) is 1.32. The van der Waals surface area contributed by atoms with Crippen LogP contribution in [0.5, 0.6) is 0 Å². The molecule has 4 heteroatoms. The van der Waals surface area contributed by atoms with Crippen molar-refractivity contribution in [2.24, 2.45) is 0 Å². The van der Waals surface area contributed by atoms with Gasteiger partial charge in [0.2, 0.25) is 0 Å². The molecule has 0 aromatic heterocycles. The molecule has 3 nitrogen and oxygen atoms in total. The van der Waals surface area contributed by atoms with Crippen LogP contribution in [0.3, 0.4) is 0 Å². The molecule has 0 N–H and O–H groups in total. The Bertz CT molecular complexity index is 70.6. The molecule has 0 heterocycles. The minimum absolute atomic E-state index is 0. The van der Waals surface area contributed by atoms with E-state index in [0.717, 1.165) is 13.4 Å². The van der Waals surface area contributed by atoms with Gasteiger partial charge in [0.05, 0.1) is 0 Å². The predicted molar refractivity (Wildman–Crippen MR) is 17.5 cm³/mol. The van der Waals surface area contributed by atoms with Crippen LogP contribution in [0.15, 0.2) is 0 Å². The van der Waals surface area contributed by atoms with Crippen molar-refractivity contribution in [1.29, 1.82) is 0 Å². The summed E-state index contributed by atoms with van der Waals surface area (Å²) in [7, 11) is 0. The van der Waals surface area contributed by atoms with Crippen LogP contribution >= 0.6 is 0 Å². The van der Waals surface area contributed by atoms with Crippen molar-refractivity contribution in [3.05, 3.63) is 0 Å². The zero-order valence-electron chi connectivity index (χ0n) is 3.80. The molecular formula is C3H3O3Y-. The van der Waals surface area contributed by atoms with Gasteiger partial charge in [-0.15, -0.1) is 0 Å². The van der Waals surface area contributed by atoms with E-state index < -0.39 is 5.97 Å². The quantitative estimate of drug-likeness (QED) is 0.310. The van der Waals surface area contributed by atoms with E-state index in [1.807, 2.05) is 0 Å². The summed E-state index contributed by atoms with van der Waals surface area (Å²) in [5.74, 6) is -0.634. The topological polar surface area (TPSA) is 43.4 Å². The van der Waals surface area contributed by atoms with Crippen molar-refractivity contribution in [3.8, 4) is 0 Å².